The summed E-state index contributed by atoms with van der Waals surface area (Å²) >= 11 is 0. The zero-order valence-electron chi connectivity index (χ0n) is 16.7. The van der Waals surface area contributed by atoms with Gasteiger partial charge < -0.3 is 14.2 Å². The Morgan fingerprint density at radius 1 is 1.20 bits per heavy atom. The molecule has 2 heterocycles. The van der Waals surface area contributed by atoms with Crippen molar-refractivity contribution in [2.75, 3.05) is 6.54 Å². The molecule has 2 aromatic carbocycles. The summed E-state index contributed by atoms with van der Waals surface area (Å²) in [6.45, 7) is 4.46. The van der Waals surface area contributed by atoms with E-state index in [1.807, 2.05) is 13.8 Å². The van der Waals surface area contributed by atoms with Crippen molar-refractivity contribution in [3.63, 3.8) is 0 Å². The van der Waals surface area contributed by atoms with Crippen LogP contribution >= 0.6 is 0 Å². The molecule has 7 heteroatoms. The molecule has 30 heavy (non-hydrogen) atoms. The maximum Gasteiger partial charge on any atom is 0.289 e. The SMILES string of the molecule is Cc1cn(-c2ccc(/C=C3\O[C@@H](C)CN(Cc4ccc(F)cc4)C3=O)cc2F)cn1. The highest BCUT2D eigenvalue weighted by atomic mass is 19.1. The second-order valence-electron chi connectivity index (χ2n) is 7.38. The number of aryl methyl sites for hydroxylation is 1. The van der Waals surface area contributed by atoms with E-state index in [2.05, 4.69) is 4.98 Å². The zero-order valence-corrected chi connectivity index (χ0v) is 16.7. The van der Waals surface area contributed by atoms with E-state index in [0.29, 0.717) is 24.3 Å². The Hall–Kier alpha value is -3.48. The van der Waals surface area contributed by atoms with E-state index in [1.54, 1.807) is 52.3 Å². The lowest BCUT2D eigenvalue weighted by Gasteiger charge is -2.33. The summed E-state index contributed by atoms with van der Waals surface area (Å²) in [5.74, 6) is -0.882. The number of carbonyl (C=O) groups is 1. The summed E-state index contributed by atoms with van der Waals surface area (Å²) in [4.78, 5) is 18.6. The molecule has 0 radical (unpaired) electrons. The smallest absolute Gasteiger partial charge is 0.289 e. The number of benzene rings is 2. The van der Waals surface area contributed by atoms with Crippen molar-refractivity contribution >= 4 is 12.0 Å². The third kappa shape index (κ3) is 4.25. The number of hydrogen-bond donors (Lipinski definition) is 0. The van der Waals surface area contributed by atoms with Crippen LogP contribution in [-0.2, 0) is 16.1 Å². The third-order valence-electron chi connectivity index (χ3n) is 4.85. The molecule has 1 atom stereocenters. The van der Waals surface area contributed by atoms with E-state index < -0.39 is 5.82 Å². The van der Waals surface area contributed by atoms with Crippen molar-refractivity contribution in [1.82, 2.24) is 14.5 Å². The molecule has 1 aliphatic heterocycles. The fourth-order valence-corrected chi connectivity index (χ4v) is 3.42. The molecule has 4 rings (SSSR count). The number of nitrogens with zero attached hydrogens (tertiary/aromatic N) is 3. The third-order valence-corrected chi connectivity index (χ3v) is 4.85. The molecule has 1 aliphatic rings. The number of morpholine rings is 1. The Labute approximate surface area is 173 Å². The minimum atomic E-state index is -0.429. The van der Waals surface area contributed by atoms with E-state index in [-0.39, 0.29) is 23.6 Å². The quantitative estimate of drug-likeness (QED) is 0.606. The molecule has 1 fully saturated rings. The number of rotatable bonds is 4. The van der Waals surface area contributed by atoms with E-state index >= 15 is 0 Å². The Kier molecular flexibility index (Phi) is 5.35. The second-order valence-corrected chi connectivity index (χ2v) is 7.38. The highest BCUT2D eigenvalue weighted by molar-refractivity contribution is 5.96. The molecule has 1 saturated heterocycles. The first-order chi connectivity index (χ1) is 14.4. The molecule has 154 valence electrons. The highest BCUT2D eigenvalue weighted by Crippen LogP contribution is 2.23. The van der Waals surface area contributed by atoms with Crippen molar-refractivity contribution in [3.05, 3.63) is 89.2 Å². The van der Waals surface area contributed by atoms with Gasteiger partial charge in [-0.2, -0.15) is 0 Å². The minimum Gasteiger partial charge on any atom is -0.483 e. The zero-order chi connectivity index (χ0) is 21.3. The van der Waals surface area contributed by atoms with Crippen LogP contribution in [0.2, 0.25) is 0 Å². The molecule has 0 N–H and O–H groups in total. The molecule has 0 saturated carbocycles. The second kappa shape index (κ2) is 8.10. The van der Waals surface area contributed by atoms with Crippen LogP contribution in [0.25, 0.3) is 11.8 Å². The van der Waals surface area contributed by atoms with Gasteiger partial charge in [0.15, 0.2) is 5.76 Å². The van der Waals surface area contributed by atoms with Gasteiger partial charge in [-0.25, -0.2) is 13.8 Å². The van der Waals surface area contributed by atoms with Crippen molar-refractivity contribution < 1.29 is 18.3 Å². The maximum atomic E-state index is 14.6. The first kappa shape index (κ1) is 19.8. The van der Waals surface area contributed by atoms with Gasteiger partial charge in [0, 0.05) is 12.7 Å². The predicted molar refractivity (Wildman–Crippen MR) is 109 cm³/mol. The van der Waals surface area contributed by atoms with E-state index in [0.717, 1.165) is 11.3 Å². The number of imidazole rings is 1. The number of carbonyl (C=O) groups excluding carboxylic acids is 1. The Morgan fingerprint density at radius 2 is 1.97 bits per heavy atom. The lowest BCUT2D eigenvalue weighted by Crippen LogP contribution is -2.43. The standard InChI is InChI=1S/C23H21F2N3O2/c1-15-11-28(14-26-15)21-8-5-18(9-20(21)25)10-22-23(29)27(12-16(2)30-22)13-17-3-6-19(24)7-4-17/h3-11,14,16H,12-13H2,1-2H3/b22-10-/t16-/m0/s1. The molecule has 0 spiro atoms. The van der Waals surface area contributed by atoms with Crippen LogP contribution in [-0.4, -0.2) is 33.0 Å². The molecule has 1 amide bonds. The summed E-state index contributed by atoms with van der Waals surface area (Å²) in [5.41, 5.74) is 2.51. The van der Waals surface area contributed by atoms with E-state index in [9.17, 15) is 13.6 Å². The monoisotopic (exact) mass is 409 g/mol. The fraction of sp³-hybridized carbons (Fsp3) is 0.217. The molecular formula is C23H21F2N3O2. The van der Waals surface area contributed by atoms with Crippen molar-refractivity contribution in [3.8, 4) is 5.69 Å². The molecule has 0 bridgehead atoms. The molecule has 1 aromatic heterocycles. The average molecular weight is 409 g/mol. The van der Waals surface area contributed by atoms with Crippen molar-refractivity contribution in [1.29, 1.82) is 0 Å². The van der Waals surface area contributed by atoms with Gasteiger partial charge in [-0.15, -0.1) is 0 Å². The van der Waals surface area contributed by atoms with Gasteiger partial charge in [-0.1, -0.05) is 18.2 Å². The fourth-order valence-electron chi connectivity index (χ4n) is 3.42. The van der Waals surface area contributed by atoms with Crippen LogP contribution in [0.4, 0.5) is 8.78 Å². The molecule has 0 unspecified atom stereocenters. The van der Waals surface area contributed by atoms with Gasteiger partial charge in [0.25, 0.3) is 5.91 Å². The lowest BCUT2D eigenvalue weighted by atomic mass is 10.1. The molecular weight excluding hydrogens is 388 g/mol. The average Bonchev–Trinajstić information content (AvgIpc) is 3.13. The number of ether oxygens (including phenoxy) is 1. The molecule has 3 aromatic rings. The van der Waals surface area contributed by atoms with Crippen LogP contribution in [0.3, 0.4) is 0 Å². The van der Waals surface area contributed by atoms with Gasteiger partial charge in [-0.05, 0) is 55.3 Å². The summed E-state index contributed by atoms with van der Waals surface area (Å²) < 4.78 is 35.1. The highest BCUT2D eigenvalue weighted by Gasteiger charge is 2.29. The summed E-state index contributed by atoms with van der Waals surface area (Å²) in [6.07, 6.45) is 4.61. The first-order valence-corrected chi connectivity index (χ1v) is 9.61. The van der Waals surface area contributed by atoms with Crippen LogP contribution < -0.4 is 0 Å². The largest absolute Gasteiger partial charge is 0.483 e. The lowest BCUT2D eigenvalue weighted by molar-refractivity contribution is -0.139. The molecule has 0 aliphatic carbocycles. The summed E-state index contributed by atoms with van der Waals surface area (Å²) in [7, 11) is 0. The van der Waals surface area contributed by atoms with Crippen molar-refractivity contribution in [2.24, 2.45) is 0 Å². The van der Waals surface area contributed by atoms with Gasteiger partial charge in [0.2, 0.25) is 0 Å². The van der Waals surface area contributed by atoms with Gasteiger partial charge >= 0.3 is 0 Å². The number of hydrogen-bond acceptors (Lipinski definition) is 3. The Morgan fingerprint density at radius 3 is 2.63 bits per heavy atom. The number of halogens is 2. The van der Waals surface area contributed by atoms with Gasteiger partial charge in [0.1, 0.15) is 17.7 Å². The van der Waals surface area contributed by atoms with Gasteiger partial charge in [-0.3, -0.25) is 4.79 Å². The van der Waals surface area contributed by atoms with Crippen LogP contribution in [0, 0.1) is 18.6 Å². The Bertz CT molecular complexity index is 1110. The van der Waals surface area contributed by atoms with E-state index in [4.69, 9.17) is 4.74 Å². The normalized spacial score (nSPS) is 18.0. The van der Waals surface area contributed by atoms with Crippen LogP contribution in [0.15, 0.2) is 60.7 Å². The van der Waals surface area contributed by atoms with Gasteiger partial charge in [0.05, 0.1) is 24.3 Å². The van der Waals surface area contributed by atoms with Crippen molar-refractivity contribution in [2.45, 2.75) is 26.5 Å². The number of amides is 1. The van der Waals surface area contributed by atoms with E-state index in [1.165, 1.54) is 18.2 Å². The van der Waals surface area contributed by atoms with Crippen LogP contribution in [0.1, 0.15) is 23.7 Å². The molecule has 5 nitrogen and oxygen atoms in total. The topological polar surface area (TPSA) is 47.4 Å². The summed E-state index contributed by atoms with van der Waals surface area (Å²) in [6, 6.07) is 10.8. The Balaban J connectivity index is 1.56. The van der Waals surface area contributed by atoms with Crippen LogP contribution in [0.5, 0.6) is 0 Å². The number of aromatic nitrogens is 2. The summed E-state index contributed by atoms with van der Waals surface area (Å²) in [5, 5.41) is 0. The predicted octanol–water partition coefficient (Wildman–Crippen LogP) is 4.25. The first-order valence-electron chi connectivity index (χ1n) is 9.61. The minimum absolute atomic E-state index is 0.154. The maximum absolute atomic E-state index is 14.6.